The highest BCUT2D eigenvalue weighted by Crippen LogP contribution is 2.33. The third kappa shape index (κ3) is 3.17. The van der Waals surface area contributed by atoms with Gasteiger partial charge in [0.1, 0.15) is 5.82 Å². The van der Waals surface area contributed by atoms with Crippen molar-refractivity contribution in [3.63, 3.8) is 0 Å². The first-order valence-electron chi connectivity index (χ1n) is 5.45. The Morgan fingerprint density at radius 1 is 1.16 bits per heavy atom. The number of benzene rings is 2. The Morgan fingerprint density at radius 2 is 1.89 bits per heavy atom. The zero-order valence-electron chi connectivity index (χ0n) is 9.96. The molecule has 5 heteroatoms. The van der Waals surface area contributed by atoms with Crippen LogP contribution in [0.25, 0.3) is 0 Å². The summed E-state index contributed by atoms with van der Waals surface area (Å²) < 4.78 is 32.3. The molecule has 0 heterocycles. The minimum atomic E-state index is -0.534. The Kier molecular flexibility index (Phi) is 4.62. The van der Waals surface area contributed by atoms with E-state index in [2.05, 4.69) is 0 Å². The minimum Gasteiger partial charge on any atom is -0.494 e. The van der Waals surface area contributed by atoms with Crippen molar-refractivity contribution in [2.45, 2.75) is 5.38 Å². The average Bonchev–Trinajstić information content (AvgIpc) is 2.38. The van der Waals surface area contributed by atoms with Crippen molar-refractivity contribution < 1.29 is 13.5 Å². The standard InChI is InChI=1S/C14H10ClF2IO/c1-19-13-5-2-8(6-11(13)17)14(15)10-4-3-9(16)7-12(10)18/h2-7,14H,1H3. The van der Waals surface area contributed by atoms with Crippen LogP contribution in [0.4, 0.5) is 8.78 Å². The first kappa shape index (κ1) is 14.5. The van der Waals surface area contributed by atoms with Gasteiger partial charge in [0, 0.05) is 3.57 Å². The monoisotopic (exact) mass is 394 g/mol. The first-order chi connectivity index (χ1) is 9.02. The maximum atomic E-state index is 13.6. The molecule has 1 unspecified atom stereocenters. The van der Waals surface area contributed by atoms with Crippen LogP contribution in [0.2, 0.25) is 0 Å². The van der Waals surface area contributed by atoms with E-state index < -0.39 is 11.2 Å². The highest BCUT2D eigenvalue weighted by Gasteiger charge is 2.16. The van der Waals surface area contributed by atoms with Gasteiger partial charge in [0.25, 0.3) is 0 Å². The first-order valence-corrected chi connectivity index (χ1v) is 6.97. The summed E-state index contributed by atoms with van der Waals surface area (Å²) in [6, 6.07) is 8.89. The van der Waals surface area contributed by atoms with E-state index in [0.717, 1.165) is 5.56 Å². The predicted molar refractivity (Wildman–Crippen MR) is 79.8 cm³/mol. The van der Waals surface area contributed by atoms with E-state index in [4.69, 9.17) is 16.3 Å². The van der Waals surface area contributed by atoms with E-state index >= 15 is 0 Å². The molecule has 0 bridgehead atoms. The molecule has 1 nitrogen and oxygen atoms in total. The quantitative estimate of drug-likeness (QED) is 0.531. The number of ether oxygens (including phenoxy) is 1. The van der Waals surface area contributed by atoms with Crippen molar-refractivity contribution in [3.05, 3.63) is 62.7 Å². The highest BCUT2D eigenvalue weighted by atomic mass is 127. The molecule has 1 atom stereocenters. The molecule has 0 spiro atoms. The Balaban J connectivity index is 2.38. The Labute approximate surface area is 128 Å². The molecular weight excluding hydrogens is 385 g/mol. The van der Waals surface area contributed by atoms with Crippen LogP contribution in [0.3, 0.4) is 0 Å². The molecule has 0 saturated carbocycles. The van der Waals surface area contributed by atoms with Gasteiger partial charge < -0.3 is 4.74 Å². The molecule has 0 radical (unpaired) electrons. The molecule has 19 heavy (non-hydrogen) atoms. The van der Waals surface area contributed by atoms with Gasteiger partial charge in [-0.15, -0.1) is 11.6 Å². The van der Waals surface area contributed by atoms with Gasteiger partial charge in [-0.2, -0.15) is 0 Å². The number of methoxy groups -OCH3 is 1. The van der Waals surface area contributed by atoms with Gasteiger partial charge in [-0.05, 0) is 58.0 Å². The number of hydrogen-bond donors (Lipinski definition) is 0. The van der Waals surface area contributed by atoms with Crippen LogP contribution in [-0.4, -0.2) is 7.11 Å². The molecule has 0 amide bonds. The summed E-state index contributed by atoms with van der Waals surface area (Å²) in [7, 11) is 1.40. The van der Waals surface area contributed by atoms with Crippen molar-refractivity contribution in [3.8, 4) is 5.75 Å². The van der Waals surface area contributed by atoms with E-state index in [1.165, 1.54) is 31.4 Å². The fourth-order valence-corrected chi connectivity index (χ4v) is 3.03. The van der Waals surface area contributed by atoms with Crippen molar-refractivity contribution in [2.75, 3.05) is 7.11 Å². The largest absolute Gasteiger partial charge is 0.494 e. The van der Waals surface area contributed by atoms with Gasteiger partial charge in [0.2, 0.25) is 0 Å². The number of halogens is 4. The summed E-state index contributed by atoms with van der Waals surface area (Å²) in [5, 5.41) is -0.534. The van der Waals surface area contributed by atoms with Crippen LogP contribution >= 0.6 is 34.2 Å². The van der Waals surface area contributed by atoms with Gasteiger partial charge in [0.15, 0.2) is 11.6 Å². The van der Waals surface area contributed by atoms with Crippen LogP contribution in [0.15, 0.2) is 36.4 Å². The molecule has 0 saturated heterocycles. The third-order valence-corrected chi connectivity index (χ3v) is 4.13. The molecule has 100 valence electrons. The summed E-state index contributed by atoms with van der Waals surface area (Å²) in [6.07, 6.45) is 0. The van der Waals surface area contributed by atoms with Gasteiger partial charge in [-0.25, -0.2) is 8.78 Å². The molecule has 0 aliphatic rings. The van der Waals surface area contributed by atoms with E-state index in [-0.39, 0.29) is 11.6 Å². The lowest BCUT2D eigenvalue weighted by atomic mass is 10.0. The van der Waals surface area contributed by atoms with Crippen molar-refractivity contribution >= 4 is 34.2 Å². The Hall–Kier alpha value is -0.880. The molecule has 0 N–H and O–H groups in total. The molecule has 0 aliphatic carbocycles. The minimum absolute atomic E-state index is 0.168. The van der Waals surface area contributed by atoms with Gasteiger partial charge >= 0.3 is 0 Å². The third-order valence-electron chi connectivity index (χ3n) is 2.70. The van der Waals surface area contributed by atoms with Crippen molar-refractivity contribution in [1.82, 2.24) is 0 Å². The second kappa shape index (κ2) is 6.05. The molecule has 2 rings (SSSR count). The molecular formula is C14H10ClF2IO. The van der Waals surface area contributed by atoms with Gasteiger partial charge in [0.05, 0.1) is 12.5 Å². The summed E-state index contributed by atoms with van der Waals surface area (Å²) in [5.74, 6) is -0.623. The summed E-state index contributed by atoms with van der Waals surface area (Å²) in [4.78, 5) is 0. The highest BCUT2D eigenvalue weighted by molar-refractivity contribution is 14.1. The van der Waals surface area contributed by atoms with Crippen LogP contribution < -0.4 is 4.74 Å². The zero-order chi connectivity index (χ0) is 14.0. The lowest BCUT2D eigenvalue weighted by molar-refractivity contribution is 0.386. The lowest BCUT2D eigenvalue weighted by Crippen LogP contribution is -1.98. The smallest absolute Gasteiger partial charge is 0.165 e. The Morgan fingerprint density at radius 3 is 2.47 bits per heavy atom. The van der Waals surface area contributed by atoms with E-state index in [0.29, 0.717) is 9.13 Å². The molecule has 0 aliphatic heterocycles. The fraction of sp³-hybridized carbons (Fsp3) is 0.143. The fourth-order valence-electron chi connectivity index (χ4n) is 1.73. The van der Waals surface area contributed by atoms with Gasteiger partial charge in [-0.1, -0.05) is 12.1 Å². The molecule has 2 aromatic carbocycles. The second-order valence-electron chi connectivity index (χ2n) is 3.92. The topological polar surface area (TPSA) is 9.23 Å². The van der Waals surface area contributed by atoms with E-state index in [9.17, 15) is 8.78 Å². The number of alkyl halides is 1. The van der Waals surface area contributed by atoms with E-state index in [1.807, 2.05) is 22.6 Å². The second-order valence-corrected chi connectivity index (χ2v) is 5.52. The maximum Gasteiger partial charge on any atom is 0.165 e. The van der Waals surface area contributed by atoms with Crippen molar-refractivity contribution in [1.29, 1.82) is 0 Å². The lowest BCUT2D eigenvalue weighted by Gasteiger charge is -2.13. The number of rotatable bonds is 3. The SMILES string of the molecule is COc1ccc(C(Cl)c2ccc(F)cc2I)cc1F. The van der Waals surface area contributed by atoms with Crippen molar-refractivity contribution in [2.24, 2.45) is 0 Å². The maximum absolute atomic E-state index is 13.6. The van der Waals surface area contributed by atoms with E-state index in [1.54, 1.807) is 12.1 Å². The van der Waals surface area contributed by atoms with Crippen LogP contribution in [0.1, 0.15) is 16.5 Å². The van der Waals surface area contributed by atoms with Gasteiger partial charge in [-0.3, -0.25) is 0 Å². The average molecular weight is 395 g/mol. The summed E-state index contributed by atoms with van der Waals surface area (Å²) in [6.45, 7) is 0. The summed E-state index contributed by atoms with van der Waals surface area (Å²) in [5.41, 5.74) is 1.35. The number of hydrogen-bond acceptors (Lipinski definition) is 1. The van der Waals surface area contributed by atoms with Crippen LogP contribution in [0.5, 0.6) is 5.75 Å². The molecule has 0 fully saturated rings. The normalized spacial score (nSPS) is 12.3. The zero-order valence-corrected chi connectivity index (χ0v) is 12.9. The Bertz CT molecular complexity index is 604. The molecule has 2 aromatic rings. The molecule has 0 aromatic heterocycles. The predicted octanol–water partition coefficient (Wildman–Crippen LogP) is 4.91. The van der Waals surface area contributed by atoms with Crippen LogP contribution in [-0.2, 0) is 0 Å². The summed E-state index contributed by atoms with van der Waals surface area (Å²) >= 11 is 8.33. The van der Waals surface area contributed by atoms with Crippen LogP contribution in [0, 0.1) is 15.2 Å².